The van der Waals surface area contributed by atoms with Crippen LogP contribution in [0.1, 0.15) is 18.9 Å². The molecular weight excluding hydrogens is 290 g/mol. The fourth-order valence-corrected chi connectivity index (χ4v) is 2.89. The molecule has 1 aliphatic rings. The summed E-state index contributed by atoms with van der Waals surface area (Å²) in [6.45, 7) is 7.54. The number of carbonyl (C=O) groups is 1. The van der Waals surface area contributed by atoms with Crippen LogP contribution in [0.4, 0.5) is 0 Å². The maximum Gasteiger partial charge on any atom is 0.236 e. The van der Waals surface area contributed by atoms with E-state index in [0.717, 1.165) is 32.6 Å². The zero-order chi connectivity index (χ0) is 16.5. The summed E-state index contributed by atoms with van der Waals surface area (Å²) in [6, 6.07) is 11.0. The molecular formula is C18H29N3O2. The van der Waals surface area contributed by atoms with Gasteiger partial charge < -0.3 is 15.0 Å². The summed E-state index contributed by atoms with van der Waals surface area (Å²) in [7, 11) is 1.67. The molecule has 0 bridgehead atoms. The van der Waals surface area contributed by atoms with Crippen molar-refractivity contribution in [2.75, 3.05) is 46.4 Å². The van der Waals surface area contributed by atoms with Gasteiger partial charge in [0.25, 0.3) is 0 Å². The van der Waals surface area contributed by atoms with E-state index in [0.29, 0.717) is 25.7 Å². The topological polar surface area (TPSA) is 44.8 Å². The van der Waals surface area contributed by atoms with Gasteiger partial charge in [0.2, 0.25) is 5.91 Å². The van der Waals surface area contributed by atoms with Crippen LogP contribution < -0.4 is 5.32 Å². The molecule has 1 aliphatic heterocycles. The molecule has 5 nitrogen and oxygen atoms in total. The summed E-state index contributed by atoms with van der Waals surface area (Å²) in [4.78, 5) is 16.8. The molecule has 2 rings (SSSR count). The molecule has 0 aliphatic carbocycles. The van der Waals surface area contributed by atoms with Gasteiger partial charge in [-0.1, -0.05) is 30.3 Å². The van der Waals surface area contributed by atoms with Crippen LogP contribution in [0, 0.1) is 0 Å². The van der Waals surface area contributed by atoms with Crippen molar-refractivity contribution in [3.63, 3.8) is 0 Å². The molecule has 1 heterocycles. The second-order valence-corrected chi connectivity index (χ2v) is 6.14. The average molecular weight is 319 g/mol. The monoisotopic (exact) mass is 319 g/mol. The van der Waals surface area contributed by atoms with Crippen molar-refractivity contribution in [1.29, 1.82) is 0 Å². The molecule has 0 aromatic heterocycles. The third-order valence-electron chi connectivity index (χ3n) is 4.44. The highest BCUT2D eigenvalue weighted by atomic mass is 16.5. The average Bonchev–Trinajstić information content (AvgIpc) is 2.75. The van der Waals surface area contributed by atoms with Crippen molar-refractivity contribution in [2.24, 2.45) is 0 Å². The van der Waals surface area contributed by atoms with Crippen LogP contribution in [0.2, 0.25) is 0 Å². The molecule has 1 aromatic rings. The van der Waals surface area contributed by atoms with E-state index in [1.54, 1.807) is 7.11 Å². The Kier molecular flexibility index (Phi) is 7.52. The largest absolute Gasteiger partial charge is 0.383 e. The first-order chi connectivity index (χ1) is 11.2. The van der Waals surface area contributed by atoms with Gasteiger partial charge in [-0.2, -0.15) is 0 Å². The highest BCUT2D eigenvalue weighted by Crippen LogP contribution is 2.14. The van der Waals surface area contributed by atoms with E-state index in [-0.39, 0.29) is 5.91 Å². The fourth-order valence-electron chi connectivity index (χ4n) is 2.89. The minimum atomic E-state index is 0.190. The van der Waals surface area contributed by atoms with Crippen LogP contribution in [0.15, 0.2) is 30.3 Å². The van der Waals surface area contributed by atoms with E-state index >= 15 is 0 Å². The lowest BCUT2D eigenvalue weighted by atomic mass is 10.1. The molecule has 1 unspecified atom stereocenters. The van der Waals surface area contributed by atoms with Crippen molar-refractivity contribution in [3.8, 4) is 0 Å². The van der Waals surface area contributed by atoms with Gasteiger partial charge in [0, 0.05) is 45.9 Å². The van der Waals surface area contributed by atoms with Crippen LogP contribution in [-0.2, 0) is 16.1 Å². The normalized spacial score (nSPS) is 19.6. The van der Waals surface area contributed by atoms with Gasteiger partial charge in [0.1, 0.15) is 0 Å². The number of carbonyl (C=O) groups excluding carboxylic acids is 1. The first-order valence-electron chi connectivity index (χ1n) is 8.46. The quantitative estimate of drug-likeness (QED) is 0.771. The van der Waals surface area contributed by atoms with Crippen LogP contribution in [0.5, 0.6) is 0 Å². The first kappa shape index (κ1) is 17.9. The van der Waals surface area contributed by atoms with E-state index in [4.69, 9.17) is 4.74 Å². The predicted molar refractivity (Wildman–Crippen MR) is 92.3 cm³/mol. The molecule has 1 atom stereocenters. The second-order valence-electron chi connectivity index (χ2n) is 6.14. The molecule has 1 N–H and O–H groups in total. The van der Waals surface area contributed by atoms with E-state index in [1.165, 1.54) is 5.56 Å². The number of amides is 1. The number of ether oxygens (including phenoxy) is 1. The second kappa shape index (κ2) is 9.65. The lowest BCUT2D eigenvalue weighted by Crippen LogP contribution is -2.41. The zero-order valence-corrected chi connectivity index (χ0v) is 14.3. The summed E-state index contributed by atoms with van der Waals surface area (Å²) in [5.41, 5.74) is 1.33. The Morgan fingerprint density at radius 1 is 1.26 bits per heavy atom. The third-order valence-corrected chi connectivity index (χ3v) is 4.44. The van der Waals surface area contributed by atoms with E-state index in [9.17, 15) is 4.79 Å². The van der Waals surface area contributed by atoms with Crippen molar-refractivity contribution in [1.82, 2.24) is 15.1 Å². The molecule has 0 spiro atoms. The number of benzene rings is 1. The molecule has 0 radical (unpaired) electrons. The summed E-state index contributed by atoms with van der Waals surface area (Å²) in [6.07, 6.45) is 1.02. The van der Waals surface area contributed by atoms with Gasteiger partial charge in [-0.05, 0) is 18.9 Å². The predicted octanol–water partition coefficient (Wildman–Crippen LogP) is 1.35. The maximum absolute atomic E-state index is 12.3. The van der Waals surface area contributed by atoms with Crippen LogP contribution in [0.25, 0.3) is 0 Å². The number of rotatable bonds is 7. The Balaban J connectivity index is 1.81. The first-order valence-corrected chi connectivity index (χ1v) is 8.46. The number of methoxy groups -OCH3 is 1. The zero-order valence-electron chi connectivity index (χ0n) is 14.3. The van der Waals surface area contributed by atoms with Gasteiger partial charge in [-0.3, -0.25) is 9.69 Å². The van der Waals surface area contributed by atoms with Crippen LogP contribution >= 0.6 is 0 Å². The summed E-state index contributed by atoms with van der Waals surface area (Å²) >= 11 is 0. The van der Waals surface area contributed by atoms with E-state index in [2.05, 4.69) is 41.4 Å². The number of hydrogen-bond donors (Lipinski definition) is 1. The van der Waals surface area contributed by atoms with Crippen molar-refractivity contribution in [3.05, 3.63) is 35.9 Å². The Morgan fingerprint density at radius 3 is 2.78 bits per heavy atom. The molecule has 1 saturated heterocycles. The lowest BCUT2D eigenvalue weighted by molar-refractivity contribution is -0.130. The van der Waals surface area contributed by atoms with Crippen LogP contribution in [-0.4, -0.2) is 68.2 Å². The maximum atomic E-state index is 12.3. The Bertz CT molecular complexity index is 467. The molecule has 5 heteroatoms. The highest BCUT2D eigenvalue weighted by Gasteiger charge is 2.23. The Labute approximate surface area is 139 Å². The minimum Gasteiger partial charge on any atom is -0.383 e. The number of hydrogen-bond acceptors (Lipinski definition) is 4. The van der Waals surface area contributed by atoms with E-state index in [1.807, 2.05) is 11.0 Å². The van der Waals surface area contributed by atoms with Gasteiger partial charge in [-0.25, -0.2) is 0 Å². The van der Waals surface area contributed by atoms with E-state index < -0.39 is 0 Å². The SMILES string of the molecule is COCCNCC(=O)N1CCC(C)N(Cc2ccccc2)CC1. The van der Waals surface area contributed by atoms with Gasteiger partial charge in [0.05, 0.1) is 13.2 Å². The van der Waals surface area contributed by atoms with Gasteiger partial charge in [-0.15, -0.1) is 0 Å². The molecule has 1 amide bonds. The third kappa shape index (κ3) is 5.94. The van der Waals surface area contributed by atoms with Crippen molar-refractivity contribution < 1.29 is 9.53 Å². The lowest BCUT2D eigenvalue weighted by Gasteiger charge is -2.26. The summed E-state index contributed by atoms with van der Waals surface area (Å²) < 4.78 is 4.98. The van der Waals surface area contributed by atoms with Gasteiger partial charge >= 0.3 is 0 Å². The molecule has 1 aromatic carbocycles. The number of nitrogens with zero attached hydrogens (tertiary/aromatic N) is 2. The summed E-state index contributed by atoms with van der Waals surface area (Å²) in [5.74, 6) is 0.190. The van der Waals surface area contributed by atoms with Crippen molar-refractivity contribution in [2.45, 2.75) is 25.9 Å². The Morgan fingerprint density at radius 2 is 2.04 bits per heavy atom. The molecule has 23 heavy (non-hydrogen) atoms. The smallest absolute Gasteiger partial charge is 0.236 e. The molecule has 1 fully saturated rings. The Hall–Kier alpha value is -1.43. The van der Waals surface area contributed by atoms with Crippen LogP contribution in [0.3, 0.4) is 0 Å². The molecule has 0 saturated carbocycles. The standard InChI is InChI=1S/C18H29N3O2/c1-16-8-10-20(18(22)14-19-9-13-23-2)11-12-21(16)15-17-6-4-3-5-7-17/h3-7,16,19H,8-15H2,1-2H3. The van der Waals surface area contributed by atoms with Crippen molar-refractivity contribution >= 4 is 5.91 Å². The molecule has 128 valence electrons. The highest BCUT2D eigenvalue weighted by molar-refractivity contribution is 5.78. The minimum absolute atomic E-state index is 0.190. The number of nitrogens with one attached hydrogen (secondary N) is 1. The summed E-state index contributed by atoms with van der Waals surface area (Å²) in [5, 5.41) is 3.14. The van der Waals surface area contributed by atoms with Gasteiger partial charge in [0.15, 0.2) is 0 Å². The fraction of sp³-hybridized carbons (Fsp3) is 0.611.